The highest BCUT2D eigenvalue weighted by Crippen LogP contribution is 2.18. The lowest BCUT2D eigenvalue weighted by Crippen LogP contribution is -1.97. The zero-order valence-electron chi connectivity index (χ0n) is 10.1. The average molecular weight is 227 g/mol. The number of aryl methyl sites for hydroxylation is 1. The number of para-hydroxylation sites is 1. The molecular weight excluding hydrogens is 210 g/mol. The summed E-state index contributed by atoms with van der Waals surface area (Å²) >= 11 is 0. The van der Waals surface area contributed by atoms with Gasteiger partial charge in [0.05, 0.1) is 5.52 Å². The highest BCUT2D eigenvalue weighted by molar-refractivity contribution is 5.82. The van der Waals surface area contributed by atoms with E-state index in [1.165, 1.54) is 10.9 Å². The van der Waals surface area contributed by atoms with E-state index in [1.807, 2.05) is 31.3 Å². The zero-order chi connectivity index (χ0) is 12.1. The molecule has 0 radical (unpaired) electrons. The van der Waals surface area contributed by atoms with Crippen LogP contribution in [0.1, 0.15) is 31.7 Å². The Balaban J connectivity index is 2.11. The minimum absolute atomic E-state index is 0.350. The predicted octanol–water partition coefficient (Wildman–Crippen LogP) is 3.54. The van der Waals surface area contributed by atoms with Crippen molar-refractivity contribution in [2.75, 3.05) is 0 Å². The molecule has 88 valence electrons. The summed E-state index contributed by atoms with van der Waals surface area (Å²) in [6.07, 6.45) is 5.07. The Morgan fingerprint density at radius 1 is 1.24 bits per heavy atom. The van der Waals surface area contributed by atoms with Crippen LogP contribution in [0.5, 0.6) is 0 Å². The molecule has 0 N–H and O–H groups in total. The maximum Gasteiger partial charge on any atom is 0.132 e. The molecule has 0 aliphatic heterocycles. The van der Waals surface area contributed by atoms with Crippen molar-refractivity contribution in [2.24, 2.45) is 0 Å². The predicted molar refractivity (Wildman–Crippen MR) is 70.0 cm³/mol. The van der Waals surface area contributed by atoms with Gasteiger partial charge >= 0.3 is 0 Å². The van der Waals surface area contributed by atoms with Crippen molar-refractivity contribution in [3.05, 3.63) is 42.1 Å². The average Bonchev–Trinajstić information content (AvgIpc) is 2.39. The number of carbonyl (C=O) groups is 1. The summed E-state index contributed by atoms with van der Waals surface area (Å²) in [7, 11) is 0. The van der Waals surface area contributed by atoms with E-state index in [-0.39, 0.29) is 0 Å². The van der Waals surface area contributed by atoms with Crippen molar-refractivity contribution in [2.45, 2.75) is 32.6 Å². The number of Topliss-reactive ketones (excluding diaryl/α,β-unsaturated/α-hetero) is 1. The number of ketones is 1. The van der Waals surface area contributed by atoms with Crippen molar-refractivity contribution < 1.29 is 4.79 Å². The van der Waals surface area contributed by atoms with E-state index in [0.717, 1.165) is 18.4 Å². The first-order chi connectivity index (χ1) is 8.31. The van der Waals surface area contributed by atoms with Crippen molar-refractivity contribution >= 4 is 16.7 Å². The molecule has 2 aromatic rings. The van der Waals surface area contributed by atoms with E-state index < -0.39 is 0 Å². The van der Waals surface area contributed by atoms with E-state index in [9.17, 15) is 4.79 Å². The SMILES string of the molecule is CCC(=O)CCCc1ccnc2ccccc12. The van der Waals surface area contributed by atoms with E-state index in [2.05, 4.69) is 17.1 Å². The van der Waals surface area contributed by atoms with E-state index in [4.69, 9.17) is 0 Å². The number of hydrogen-bond acceptors (Lipinski definition) is 2. The number of hydrogen-bond donors (Lipinski definition) is 0. The van der Waals surface area contributed by atoms with Gasteiger partial charge in [-0.15, -0.1) is 0 Å². The molecule has 2 rings (SSSR count). The number of nitrogens with zero attached hydrogens (tertiary/aromatic N) is 1. The molecule has 1 aromatic carbocycles. The minimum Gasteiger partial charge on any atom is -0.300 e. The largest absolute Gasteiger partial charge is 0.300 e. The maximum absolute atomic E-state index is 11.3. The van der Waals surface area contributed by atoms with Gasteiger partial charge in [0.25, 0.3) is 0 Å². The van der Waals surface area contributed by atoms with E-state index in [1.54, 1.807) is 0 Å². The van der Waals surface area contributed by atoms with Crippen LogP contribution >= 0.6 is 0 Å². The van der Waals surface area contributed by atoms with Gasteiger partial charge in [-0.3, -0.25) is 9.78 Å². The molecule has 1 heterocycles. The van der Waals surface area contributed by atoms with Crippen molar-refractivity contribution in [3.63, 3.8) is 0 Å². The Hall–Kier alpha value is -1.70. The topological polar surface area (TPSA) is 30.0 Å². The third-order valence-electron chi connectivity index (χ3n) is 3.04. The van der Waals surface area contributed by atoms with Crippen LogP contribution in [0.25, 0.3) is 10.9 Å². The van der Waals surface area contributed by atoms with Gasteiger partial charge in [0.2, 0.25) is 0 Å². The zero-order valence-corrected chi connectivity index (χ0v) is 10.1. The summed E-state index contributed by atoms with van der Waals surface area (Å²) in [5, 5.41) is 1.21. The van der Waals surface area contributed by atoms with Crippen LogP contribution in [0, 0.1) is 0 Å². The molecule has 1 aromatic heterocycles. The van der Waals surface area contributed by atoms with Crippen molar-refractivity contribution in [3.8, 4) is 0 Å². The summed E-state index contributed by atoms with van der Waals surface area (Å²) in [4.78, 5) is 15.6. The van der Waals surface area contributed by atoms with Gasteiger partial charge in [0.15, 0.2) is 0 Å². The number of aromatic nitrogens is 1. The Bertz CT molecular complexity index is 514. The minimum atomic E-state index is 0.350. The molecule has 2 nitrogen and oxygen atoms in total. The van der Waals surface area contributed by atoms with Crippen LogP contribution in [0.3, 0.4) is 0 Å². The Labute approximate surface area is 102 Å². The standard InChI is InChI=1S/C15H17NO/c1-2-13(17)7-5-6-12-10-11-16-15-9-4-3-8-14(12)15/h3-4,8-11H,2,5-7H2,1H3. The van der Waals surface area contributed by atoms with Crippen LogP contribution in [-0.2, 0) is 11.2 Å². The third kappa shape index (κ3) is 2.90. The highest BCUT2D eigenvalue weighted by Gasteiger charge is 2.03. The number of benzene rings is 1. The summed E-state index contributed by atoms with van der Waals surface area (Å²) < 4.78 is 0. The second-order valence-electron chi connectivity index (χ2n) is 4.23. The van der Waals surface area contributed by atoms with Gasteiger partial charge < -0.3 is 0 Å². The first-order valence-electron chi connectivity index (χ1n) is 6.15. The summed E-state index contributed by atoms with van der Waals surface area (Å²) in [6.45, 7) is 1.92. The molecule has 0 aliphatic rings. The Morgan fingerprint density at radius 3 is 2.88 bits per heavy atom. The summed E-state index contributed by atoms with van der Waals surface area (Å²) in [6, 6.07) is 10.2. The smallest absolute Gasteiger partial charge is 0.132 e. The van der Waals surface area contributed by atoms with E-state index >= 15 is 0 Å². The normalized spacial score (nSPS) is 10.6. The number of carbonyl (C=O) groups excluding carboxylic acids is 1. The lowest BCUT2D eigenvalue weighted by atomic mass is 10.0. The summed E-state index contributed by atoms with van der Waals surface area (Å²) in [5.74, 6) is 0.350. The first kappa shape index (κ1) is 11.8. The number of fused-ring (bicyclic) bond motifs is 1. The van der Waals surface area contributed by atoms with Gasteiger partial charge in [0.1, 0.15) is 5.78 Å². The van der Waals surface area contributed by atoms with Gasteiger partial charge in [-0.05, 0) is 30.5 Å². The molecule has 0 fully saturated rings. The van der Waals surface area contributed by atoms with Gasteiger partial charge in [-0.1, -0.05) is 25.1 Å². The molecule has 0 aliphatic carbocycles. The Morgan fingerprint density at radius 2 is 2.06 bits per heavy atom. The second kappa shape index (κ2) is 5.58. The molecule has 0 bridgehead atoms. The van der Waals surface area contributed by atoms with E-state index in [0.29, 0.717) is 18.6 Å². The van der Waals surface area contributed by atoms with Crippen LogP contribution in [0.4, 0.5) is 0 Å². The summed E-state index contributed by atoms with van der Waals surface area (Å²) in [5.41, 5.74) is 2.33. The molecule has 0 atom stereocenters. The lowest BCUT2D eigenvalue weighted by Gasteiger charge is -2.05. The van der Waals surface area contributed by atoms with Gasteiger partial charge in [-0.25, -0.2) is 0 Å². The first-order valence-corrected chi connectivity index (χ1v) is 6.15. The molecule has 0 spiro atoms. The molecule has 0 unspecified atom stereocenters. The van der Waals surface area contributed by atoms with Gasteiger partial charge in [0, 0.05) is 24.4 Å². The quantitative estimate of drug-likeness (QED) is 0.782. The second-order valence-corrected chi connectivity index (χ2v) is 4.23. The monoisotopic (exact) mass is 227 g/mol. The number of rotatable bonds is 5. The molecule has 0 saturated heterocycles. The van der Waals surface area contributed by atoms with Crippen molar-refractivity contribution in [1.82, 2.24) is 4.98 Å². The molecule has 0 amide bonds. The molecule has 2 heteroatoms. The maximum atomic E-state index is 11.3. The van der Waals surface area contributed by atoms with Crippen LogP contribution in [0.15, 0.2) is 36.5 Å². The fraction of sp³-hybridized carbons (Fsp3) is 0.333. The van der Waals surface area contributed by atoms with Crippen LogP contribution < -0.4 is 0 Å². The molecule has 17 heavy (non-hydrogen) atoms. The number of pyridine rings is 1. The van der Waals surface area contributed by atoms with Gasteiger partial charge in [-0.2, -0.15) is 0 Å². The van der Waals surface area contributed by atoms with Crippen LogP contribution in [-0.4, -0.2) is 10.8 Å². The van der Waals surface area contributed by atoms with Crippen molar-refractivity contribution in [1.29, 1.82) is 0 Å². The Kier molecular flexibility index (Phi) is 3.86. The molecular formula is C15H17NO. The highest BCUT2D eigenvalue weighted by atomic mass is 16.1. The molecule has 0 saturated carbocycles. The van der Waals surface area contributed by atoms with Crippen LogP contribution in [0.2, 0.25) is 0 Å². The fourth-order valence-electron chi connectivity index (χ4n) is 2.03. The lowest BCUT2D eigenvalue weighted by molar-refractivity contribution is -0.118. The third-order valence-corrected chi connectivity index (χ3v) is 3.04. The fourth-order valence-corrected chi connectivity index (χ4v) is 2.03.